The fraction of sp³-hybridized carbons (Fsp3) is 0.200. The van der Waals surface area contributed by atoms with E-state index in [-0.39, 0.29) is 35.5 Å². The second-order valence-corrected chi connectivity index (χ2v) is 11.7. The van der Waals surface area contributed by atoms with Crippen LogP contribution in [0.3, 0.4) is 0 Å². The Bertz CT molecular complexity index is 1530. The molecule has 9 nitrogen and oxygen atoms in total. The third kappa shape index (κ3) is 4.90. The van der Waals surface area contributed by atoms with Crippen LogP contribution in [0, 0.1) is 11.7 Å². The molecular formula is C20H18Cl2FN4O5S2+. The molecular weight excluding hydrogens is 530 g/mol. The largest absolute Gasteiger partial charge is 0.392 e. The monoisotopic (exact) mass is 547 g/mol. The Morgan fingerprint density at radius 2 is 1.88 bits per heavy atom. The molecule has 3 aromatic rings. The Hall–Kier alpha value is -2.67. The quantitative estimate of drug-likeness (QED) is 0.348. The fourth-order valence-corrected chi connectivity index (χ4v) is 6.17. The van der Waals surface area contributed by atoms with Gasteiger partial charge in [-0.25, -0.2) is 12.8 Å². The van der Waals surface area contributed by atoms with Gasteiger partial charge in [0.15, 0.2) is 6.21 Å². The predicted molar refractivity (Wildman–Crippen MR) is 125 cm³/mol. The van der Waals surface area contributed by atoms with Crippen LogP contribution in [0.4, 0.5) is 10.1 Å². The van der Waals surface area contributed by atoms with E-state index in [0.29, 0.717) is 28.4 Å². The highest BCUT2D eigenvalue weighted by atomic mass is 35.5. The molecule has 0 radical (unpaired) electrons. The van der Waals surface area contributed by atoms with Crippen LogP contribution in [-0.2, 0) is 24.8 Å². The lowest BCUT2D eigenvalue weighted by molar-refractivity contribution is -0.264. The number of aromatic nitrogens is 1. The first kappa shape index (κ1) is 24.5. The Kier molecular flexibility index (Phi) is 6.60. The van der Waals surface area contributed by atoms with E-state index in [9.17, 15) is 26.0 Å². The van der Waals surface area contributed by atoms with Gasteiger partial charge in [0.1, 0.15) is 15.6 Å². The van der Waals surface area contributed by atoms with Crippen molar-refractivity contribution in [2.45, 2.75) is 22.6 Å². The average molecular weight is 548 g/mol. The maximum absolute atomic E-state index is 14.8. The molecule has 1 saturated heterocycles. The number of aromatic amines is 1. The van der Waals surface area contributed by atoms with E-state index in [1.807, 2.05) is 0 Å². The molecule has 2 heterocycles. The Labute approximate surface area is 204 Å². The van der Waals surface area contributed by atoms with Gasteiger partial charge in [-0.2, -0.15) is 8.42 Å². The number of hydrogen-bond donors (Lipinski definition) is 4. The van der Waals surface area contributed by atoms with Gasteiger partial charge in [0, 0.05) is 30.6 Å². The topological polar surface area (TPSA) is 139 Å². The minimum atomic E-state index is -4.43. The van der Waals surface area contributed by atoms with Gasteiger partial charge in [0.25, 0.3) is 10.0 Å². The molecule has 1 fully saturated rings. The molecule has 1 aliphatic rings. The summed E-state index contributed by atoms with van der Waals surface area (Å²) in [5, 5.41) is 3.59. The van der Waals surface area contributed by atoms with Crippen molar-refractivity contribution < 1.29 is 30.4 Å². The zero-order valence-corrected chi connectivity index (χ0v) is 20.4. The number of H-pyrrole nitrogens is 1. The first-order valence-corrected chi connectivity index (χ1v) is 13.6. The van der Waals surface area contributed by atoms with E-state index >= 15 is 0 Å². The first-order chi connectivity index (χ1) is 16.0. The summed E-state index contributed by atoms with van der Waals surface area (Å²) in [6.45, 7) is 0.280. The second kappa shape index (κ2) is 9.17. The van der Waals surface area contributed by atoms with Gasteiger partial charge in [-0.05, 0) is 30.7 Å². The summed E-state index contributed by atoms with van der Waals surface area (Å²) in [5.41, 5.74) is 0.387. The molecule has 1 aliphatic heterocycles. The third-order valence-corrected chi connectivity index (χ3v) is 8.58. The van der Waals surface area contributed by atoms with E-state index < -0.39 is 35.7 Å². The molecule has 0 spiro atoms. The molecule has 1 atom stereocenters. The molecule has 1 aromatic heterocycles. The Balaban J connectivity index is 1.59. The molecule has 2 aromatic carbocycles. The van der Waals surface area contributed by atoms with Crippen LogP contribution >= 0.6 is 23.2 Å². The first-order valence-electron chi connectivity index (χ1n) is 9.88. The predicted octanol–water partition coefficient (Wildman–Crippen LogP) is 1.78. The lowest BCUT2D eigenvalue weighted by atomic mass is 10.0. The molecule has 0 bridgehead atoms. The zero-order valence-electron chi connectivity index (χ0n) is 17.2. The smallest absolute Gasteiger partial charge is 0.358 e. The fourth-order valence-electron chi connectivity index (χ4n) is 3.47. The van der Waals surface area contributed by atoms with E-state index in [2.05, 4.69) is 19.4 Å². The molecule has 4 rings (SSSR count). The summed E-state index contributed by atoms with van der Waals surface area (Å²) in [7, 11) is -8.59. The number of rotatable bonds is 6. The summed E-state index contributed by atoms with van der Waals surface area (Å²) in [4.78, 5) is 12.8. The van der Waals surface area contributed by atoms with Gasteiger partial charge < -0.3 is 10.3 Å². The molecule has 1 amide bonds. The van der Waals surface area contributed by atoms with Crippen molar-refractivity contribution in [1.29, 1.82) is 0 Å². The lowest BCUT2D eigenvalue weighted by Crippen LogP contribution is -2.74. The summed E-state index contributed by atoms with van der Waals surface area (Å²) < 4.78 is 70.0. The van der Waals surface area contributed by atoms with E-state index in [1.54, 1.807) is 0 Å². The van der Waals surface area contributed by atoms with Crippen molar-refractivity contribution in [2.24, 2.45) is 5.92 Å². The third-order valence-electron chi connectivity index (χ3n) is 5.25. The van der Waals surface area contributed by atoms with Crippen molar-refractivity contribution in [1.82, 2.24) is 10.3 Å². The number of anilines is 1. The second-order valence-electron chi connectivity index (χ2n) is 7.57. The van der Waals surface area contributed by atoms with Crippen LogP contribution < -0.4 is 14.4 Å². The normalized spacial score (nSPS) is 17.3. The van der Waals surface area contributed by atoms with Gasteiger partial charge in [0.05, 0.1) is 27.2 Å². The Morgan fingerprint density at radius 1 is 1.12 bits per heavy atom. The molecule has 1 unspecified atom stereocenters. The number of carbonyl (C=O) groups is 1. The summed E-state index contributed by atoms with van der Waals surface area (Å²) in [5.74, 6) is -1.59. The van der Waals surface area contributed by atoms with Crippen molar-refractivity contribution in [3.8, 4) is 0 Å². The van der Waals surface area contributed by atoms with Crippen LogP contribution in [0.1, 0.15) is 12.8 Å². The summed E-state index contributed by atoms with van der Waals surface area (Å²) in [6, 6.07) is 5.30. The van der Waals surface area contributed by atoms with Gasteiger partial charge in [-0.15, -0.1) is 4.40 Å². The van der Waals surface area contributed by atoms with Gasteiger partial charge in [0.2, 0.25) is 5.91 Å². The molecule has 4 N–H and O–H groups in total. The number of carbonyl (C=O) groups excluding carboxylic acids is 1. The van der Waals surface area contributed by atoms with Crippen LogP contribution in [-0.4, -0.2) is 40.5 Å². The SMILES string of the molecule is O=C1CCC(C=[NH+]S(=O)(=O)c2ccc(S(=O)(=O)Nc3ccc(Cl)c4c(Cl)c[nH]c34)c(F)c2)CN1. The standard InChI is InChI=1S/C20H17Cl2FN4O5S2/c21-13-3-4-16(20-19(13)14(22)10-25-20)27-34(31,32)17-5-2-12(7-15(17)23)33(29,30)26-9-11-1-6-18(28)24-8-11/h2-5,7,9-11,25,27H,1,6,8H2,(H,24,28)/p+1. The van der Waals surface area contributed by atoms with Gasteiger partial charge >= 0.3 is 10.0 Å². The maximum atomic E-state index is 14.8. The number of nitrogens with one attached hydrogen (secondary N) is 4. The number of hydrogen-bond acceptors (Lipinski definition) is 5. The van der Waals surface area contributed by atoms with E-state index in [4.69, 9.17) is 23.2 Å². The number of benzene rings is 2. The number of sulfonamides is 2. The molecule has 180 valence electrons. The van der Waals surface area contributed by atoms with Crippen LogP contribution in [0.15, 0.2) is 46.3 Å². The van der Waals surface area contributed by atoms with Crippen molar-refractivity contribution in [3.05, 3.63) is 52.4 Å². The van der Waals surface area contributed by atoms with Crippen LogP contribution in [0.5, 0.6) is 0 Å². The highest BCUT2D eigenvalue weighted by Crippen LogP contribution is 2.35. The van der Waals surface area contributed by atoms with Crippen molar-refractivity contribution >= 4 is 72.0 Å². The number of fused-ring (bicyclic) bond motifs is 1. The van der Waals surface area contributed by atoms with Gasteiger partial charge in [-0.3, -0.25) is 9.52 Å². The highest BCUT2D eigenvalue weighted by Gasteiger charge is 2.27. The van der Waals surface area contributed by atoms with Crippen LogP contribution in [0.25, 0.3) is 10.9 Å². The van der Waals surface area contributed by atoms with Crippen molar-refractivity contribution in [3.63, 3.8) is 0 Å². The lowest BCUT2D eigenvalue weighted by Gasteiger charge is -2.16. The average Bonchev–Trinajstić information content (AvgIpc) is 3.18. The van der Waals surface area contributed by atoms with Crippen molar-refractivity contribution in [2.75, 3.05) is 11.3 Å². The zero-order chi connectivity index (χ0) is 24.7. The molecule has 14 heteroatoms. The summed E-state index contributed by atoms with van der Waals surface area (Å²) in [6.07, 6.45) is 3.48. The minimum Gasteiger partial charge on any atom is -0.358 e. The van der Waals surface area contributed by atoms with Gasteiger partial charge in [-0.1, -0.05) is 23.2 Å². The van der Waals surface area contributed by atoms with E-state index in [0.717, 1.165) is 12.1 Å². The maximum Gasteiger partial charge on any atom is 0.392 e. The molecule has 0 aliphatic carbocycles. The molecule has 0 saturated carbocycles. The number of piperidine rings is 1. The summed E-state index contributed by atoms with van der Waals surface area (Å²) >= 11 is 12.2. The number of amides is 1. The van der Waals surface area contributed by atoms with E-state index in [1.165, 1.54) is 24.5 Å². The Morgan fingerprint density at radius 3 is 2.56 bits per heavy atom. The number of halogens is 3. The molecule has 34 heavy (non-hydrogen) atoms. The minimum absolute atomic E-state index is 0.0817. The van der Waals surface area contributed by atoms with Crippen LogP contribution in [0.2, 0.25) is 10.0 Å². The highest BCUT2D eigenvalue weighted by molar-refractivity contribution is 7.92.